The first-order valence-corrected chi connectivity index (χ1v) is 8.11. The standard InChI is InChI=1S/C18H20BrNO2/c1-3-14-8-9-17(16(19)10-14)22-12-18(21)20-11-15-6-4-13(2)5-7-15/h4-10H,3,11-12H2,1-2H3,(H,20,21). The van der Waals surface area contributed by atoms with Gasteiger partial charge in [-0.05, 0) is 52.5 Å². The van der Waals surface area contributed by atoms with E-state index in [0.29, 0.717) is 12.3 Å². The molecule has 1 N–H and O–H groups in total. The maximum absolute atomic E-state index is 11.8. The van der Waals surface area contributed by atoms with Gasteiger partial charge in [0.2, 0.25) is 0 Å². The molecule has 22 heavy (non-hydrogen) atoms. The molecule has 2 aromatic rings. The maximum Gasteiger partial charge on any atom is 0.258 e. The lowest BCUT2D eigenvalue weighted by Gasteiger charge is -2.10. The SMILES string of the molecule is CCc1ccc(OCC(=O)NCc2ccc(C)cc2)c(Br)c1. The van der Waals surface area contributed by atoms with Gasteiger partial charge in [-0.3, -0.25) is 4.79 Å². The second kappa shape index (κ2) is 7.99. The molecule has 2 aromatic carbocycles. The first kappa shape index (κ1) is 16.6. The highest BCUT2D eigenvalue weighted by atomic mass is 79.9. The Bertz CT molecular complexity index is 638. The molecular weight excluding hydrogens is 342 g/mol. The third-order valence-corrected chi connectivity index (χ3v) is 3.99. The van der Waals surface area contributed by atoms with E-state index in [1.807, 2.05) is 49.4 Å². The zero-order valence-corrected chi connectivity index (χ0v) is 14.4. The molecule has 0 aromatic heterocycles. The van der Waals surface area contributed by atoms with Gasteiger partial charge in [-0.25, -0.2) is 0 Å². The number of ether oxygens (including phenoxy) is 1. The highest BCUT2D eigenvalue weighted by Gasteiger charge is 2.06. The van der Waals surface area contributed by atoms with Gasteiger partial charge in [0, 0.05) is 6.54 Å². The monoisotopic (exact) mass is 361 g/mol. The largest absolute Gasteiger partial charge is 0.483 e. The summed E-state index contributed by atoms with van der Waals surface area (Å²) >= 11 is 3.46. The molecule has 0 aliphatic rings. The molecule has 0 saturated heterocycles. The van der Waals surface area contributed by atoms with E-state index in [4.69, 9.17) is 4.74 Å². The number of rotatable bonds is 6. The van der Waals surface area contributed by atoms with Crippen molar-refractivity contribution in [3.63, 3.8) is 0 Å². The molecule has 2 rings (SSSR count). The smallest absolute Gasteiger partial charge is 0.258 e. The molecule has 0 aliphatic carbocycles. The summed E-state index contributed by atoms with van der Waals surface area (Å²) in [7, 11) is 0. The van der Waals surface area contributed by atoms with Crippen molar-refractivity contribution in [2.45, 2.75) is 26.8 Å². The molecule has 116 valence electrons. The molecule has 0 saturated carbocycles. The number of nitrogens with one attached hydrogen (secondary N) is 1. The van der Waals surface area contributed by atoms with Crippen LogP contribution in [0.1, 0.15) is 23.6 Å². The third kappa shape index (κ3) is 4.88. The van der Waals surface area contributed by atoms with Crippen molar-refractivity contribution in [3.05, 3.63) is 63.6 Å². The van der Waals surface area contributed by atoms with Gasteiger partial charge in [0.15, 0.2) is 6.61 Å². The van der Waals surface area contributed by atoms with E-state index in [0.717, 1.165) is 16.5 Å². The highest BCUT2D eigenvalue weighted by molar-refractivity contribution is 9.10. The quantitative estimate of drug-likeness (QED) is 0.843. The number of aryl methyl sites for hydroxylation is 2. The van der Waals surface area contributed by atoms with Crippen molar-refractivity contribution < 1.29 is 9.53 Å². The Labute approximate surface area is 139 Å². The van der Waals surface area contributed by atoms with E-state index < -0.39 is 0 Å². The number of hydrogen-bond donors (Lipinski definition) is 1. The summed E-state index contributed by atoms with van der Waals surface area (Å²) < 4.78 is 6.42. The average molecular weight is 362 g/mol. The molecule has 0 heterocycles. The van der Waals surface area contributed by atoms with Crippen LogP contribution in [0.2, 0.25) is 0 Å². The van der Waals surface area contributed by atoms with E-state index in [1.54, 1.807) is 0 Å². The molecule has 1 amide bonds. The number of hydrogen-bond acceptors (Lipinski definition) is 2. The first-order valence-electron chi connectivity index (χ1n) is 7.32. The Morgan fingerprint density at radius 2 is 1.82 bits per heavy atom. The van der Waals surface area contributed by atoms with Crippen molar-refractivity contribution >= 4 is 21.8 Å². The molecule has 0 atom stereocenters. The van der Waals surface area contributed by atoms with Crippen LogP contribution in [-0.2, 0) is 17.8 Å². The number of halogens is 1. The lowest BCUT2D eigenvalue weighted by molar-refractivity contribution is -0.123. The Morgan fingerprint density at radius 3 is 2.45 bits per heavy atom. The van der Waals surface area contributed by atoms with Gasteiger partial charge in [-0.15, -0.1) is 0 Å². The minimum Gasteiger partial charge on any atom is -0.483 e. The highest BCUT2D eigenvalue weighted by Crippen LogP contribution is 2.26. The van der Waals surface area contributed by atoms with E-state index in [2.05, 4.69) is 28.2 Å². The number of carbonyl (C=O) groups excluding carboxylic acids is 1. The fraction of sp³-hybridized carbons (Fsp3) is 0.278. The van der Waals surface area contributed by atoms with Gasteiger partial charge in [-0.1, -0.05) is 42.8 Å². The molecular formula is C18H20BrNO2. The summed E-state index contributed by atoms with van der Waals surface area (Å²) in [5.41, 5.74) is 3.51. The molecule has 0 fully saturated rings. The molecule has 0 aliphatic heterocycles. The van der Waals surface area contributed by atoms with Gasteiger partial charge in [-0.2, -0.15) is 0 Å². The summed E-state index contributed by atoms with van der Waals surface area (Å²) in [6, 6.07) is 14.0. The Morgan fingerprint density at radius 1 is 1.14 bits per heavy atom. The van der Waals surface area contributed by atoms with Gasteiger partial charge in [0.05, 0.1) is 4.47 Å². The summed E-state index contributed by atoms with van der Waals surface area (Å²) in [4.78, 5) is 11.8. The van der Waals surface area contributed by atoms with Crippen LogP contribution in [0.15, 0.2) is 46.9 Å². The van der Waals surface area contributed by atoms with Crippen molar-refractivity contribution in [1.29, 1.82) is 0 Å². The minimum atomic E-state index is -0.132. The van der Waals surface area contributed by atoms with Crippen molar-refractivity contribution in [2.75, 3.05) is 6.61 Å². The van der Waals surface area contributed by atoms with E-state index >= 15 is 0 Å². The van der Waals surface area contributed by atoms with Crippen molar-refractivity contribution in [3.8, 4) is 5.75 Å². The lowest BCUT2D eigenvalue weighted by Crippen LogP contribution is -2.28. The van der Waals surface area contributed by atoms with Gasteiger partial charge in [0.25, 0.3) is 5.91 Å². The second-order valence-corrected chi connectivity index (χ2v) is 6.02. The third-order valence-electron chi connectivity index (χ3n) is 3.37. The van der Waals surface area contributed by atoms with Gasteiger partial charge >= 0.3 is 0 Å². The Hall–Kier alpha value is -1.81. The van der Waals surface area contributed by atoms with Crippen LogP contribution < -0.4 is 10.1 Å². The summed E-state index contributed by atoms with van der Waals surface area (Å²) in [5, 5.41) is 2.85. The van der Waals surface area contributed by atoms with Crippen LogP contribution in [0.3, 0.4) is 0 Å². The predicted octanol–water partition coefficient (Wildman–Crippen LogP) is 4.02. The predicted molar refractivity (Wildman–Crippen MR) is 92.0 cm³/mol. The number of amides is 1. The number of carbonyl (C=O) groups is 1. The van der Waals surface area contributed by atoms with E-state index in [1.165, 1.54) is 11.1 Å². The maximum atomic E-state index is 11.8. The average Bonchev–Trinajstić information content (AvgIpc) is 2.53. The minimum absolute atomic E-state index is 0.00985. The topological polar surface area (TPSA) is 38.3 Å². The van der Waals surface area contributed by atoms with Crippen molar-refractivity contribution in [1.82, 2.24) is 5.32 Å². The molecule has 0 unspecified atom stereocenters. The fourth-order valence-corrected chi connectivity index (χ4v) is 2.52. The Kier molecular flexibility index (Phi) is 6.01. The summed E-state index contributed by atoms with van der Waals surface area (Å²) in [5.74, 6) is 0.551. The van der Waals surface area contributed by atoms with Crippen LogP contribution in [0.25, 0.3) is 0 Å². The van der Waals surface area contributed by atoms with Crippen LogP contribution in [0.4, 0.5) is 0 Å². The molecule has 0 bridgehead atoms. The molecule has 0 radical (unpaired) electrons. The summed E-state index contributed by atoms with van der Waals surface area (Å²) in [6.07, 6.45) is 0.968. The van der Waals surface area contributed by atoms with Crippen LogP contribution >= 0.6 is 15.9 Å². The van der Waals surface area contributed by atoms with Crippen LogP contribution in [0, 0.1) is 6.92 Å². The molecule has 3 nitrogen and oxygen atoms in total. The van der Waals surface area contributed by atoms with Crippen molar-refractivity contribution in [2.24, 2.45) is 0 Å². The van der Waals surface area contributed by atoms with Crippen LogP contribution in [0.5, 0.6) is 5.75 Å². The summed E-state index contributed by atoms with van der Waals surface area (Å²) in [6.45, 7) is 4.66. The Balaban J connectivity index is 1.81. The molecule has 4 heteroatoms. The van der Waals surface area contributed by atoms with E-state index in [9.17, 15) is 4.79 Å². The van der Waals surface area contributed by atoms with Gasteiger partial charge < -0.3 is 10.1 Å². The van der Waals surface area contributed by atoms with E-state index in [-0.39, 0.29) is 12.5 Å². The lowest BCUT2D eigenvalue weighted by atomic mass is 10.1. The molecule has 0 spiro atoms. The van der Waals surface area contributed by atoms with Gasteiger partial charge in [0.1, 0.15) is 5.75 Å². The first-order chi connectivity index (χ1) is 10.6. The second-order valence-electron chi connectivity index (χ2n) is 5.17. The zero-order valence-electron chi connectivity index (χ0n) is 12.9. The number of benzene rings is 2. The normalized spacial score (nSPS) is 10.3. The van der Waals surface area contributed by atoms with Crippen LogP contribution in [-0.4, -0.2) is 12.5 Å². The zero-order chi connectivity index (χ0) is 15.9. The fourth-order valence-electron chi connectivity index (χ4n) is 1.98.